The molecule has 20 heavy (non-hydrogen) atoms. The van der Waals surface area contributed by atoms with Crippen LogP contribution >= 0.6 is 0 Å². The van der Waals surface area contributed by atoms with E-state index in [1.54, 1.807) is 14.1 Å². The van der Waals surface area contributed by atoms with Gasteiger partial charge in [-0.25, -0.2) is 17.8 Å². The highest BCUT2D eigenvalue weighted by atomic mass is 32.2. The number of halogens is 1. The largest absolute Gasteiger partial charge is 0.308 e. The lowest BCUT2D eigenvalue weighted by molar-refractivity contribution is 0.364. The van der Waals surface area contributed by atoms with Crippen LogP contribution in [0.3, 0.4) is 0 Å². The summed E-state index contributed by atoms with van der Waals surface area (Å²) in [6.07, 6.45) is 0. The molecule has 0 aromatic heterocycles. The second kappa shape index (κ2) is 6.17. The van der Waals surface area contributed by atoms with Crippen LogP contribution in [0.15, 0.2) is 23.1 Å². The topological polar surface area (TPSA) is 61.4 Å². The van der Waals surface area contributed by atoms with E-state index in [2.05, 4.69) is 10.1 Å². The Kier molecular flexibility index (Phi) is 5.26. The Bertz CT molecular complexity index is 565. The molecule has 0 unspecified atom stereocenters. The average Bonchev–Trinajstić information content (AvgIpc) is 2.24. The molecule has 2 N–H and O–H groups in total. The number of nitrogens with zero attached hydrogens (tertiary/aromatic N) is 1. The molecule has 7 heteroatoms. The molecular formula is C13H22FN3O2S. The molecule has 114 valence electrons. The maximum atomic E-state index is 13.7. The van der Waals surface area contributed by atoms with Crippen LogP contribution in [-0.4, -0.2) is 33.1 Å². The minimum atomic E-state index is -3.67. The Hall–Kier alpha value is -1.02. The molecule has 0 aliphatic heterocycles. The highest BCUT2D eigenvalue weighted by molar-refractivity contribution is 7.89. The number of hydrogen-bond donors (Lipinski definition) is 2. The number of hydrazine groups is 1. The second-order valence-corrected chi connectivity index (χ2v) is 7.51. The standard InChI is InChI=1S/C13H22FN3O2S/c1-13(2,3)15-9-10-8-11(6-7-12(10)14)20(18,19)16-17(4)5/h6-8,15-16H,9H2,1-5H3. The number of benzene rings is 1. The van der Waals surface area contributed by atoms with Crippen molar-refractivity contribution in [1.29, 1.82) is 0 Å². The van der Waals surface area contributed by atoms with Gasteiger partial charge in [-0.05, 0) is 39.0 Å². The normalized spacial score (nSPS) is 12.9. The smallest absolute Gasteiger partial charge is 0.253 e. The van der Waals surface area contributed by atoms with Crippen LogP contribution in [0.5, 0.6) is 0 Å². The summed E-state index contributed by atoms with van der Waals surface area (Å²) in [5.74, 6) is -0.425. The molecule has 0 atom stereocenters. The maximum absolute atomic E-state index is 13.7. The van der Waals surface area contributed by atoms with Crippen LogP contribution in [0.1, 0.15) is 26.3 Å². The molecule has 1 aromatic rings. The molecule has 1 aromatic carbocycles. The first-order valence-electron chi connectivity index (χ1n) is 6.24. The molecule has 0 aliphatic carbocycles. The van der Waals surface area contributed by atoms with Crippen molar-refractivity contribution in [2.75, 3.05) is 14.1 Å². The minimum Gasteiger partial charge on any atom is -0.308 e. The lowest BCUT2D eigenvalue weighted by Gasteiger charge is -2.21. The zero-order valence-corrected chi connectivity index (χ0v) is 13.3. The fourth-order valence-electron chi connectivity index (χ4n) is 1.51. The van der Waals surface area contributed by atoms with E-state index in [-0.39, 0.29) is 17.0 Å². The van der Waals surface area contributed by atoms with Gasteiger partial charge in [-0.3, -0.25) is 0 Å². The van der Waals surface area contributed by atoms with Crippen LogP contribution < -0.4 is 10.1 Å². The van der Waals surface area contributed by atoms with Crippen molar-refractivity contribution in [2.45, 2.75) is 37.8 Å². The summed E-state index contributed by atoms with van der Waals surface area (Å²) in [7, 11) is -0.526. The monoisotopic (exact) mass is 303 g/mol. The van der Waals surface area contributed by atoms with Gasteiger partial charge in [0.05, 0.1) is 4.90 Å². The van der Waals surface area contributed by atoms with Crippen molar-refractivity contribution in [1.82, 2.24) is 15.2 Å². The third-order valence-corrected chi connectivity index (χ3v) is 3.92. The number of sulfonamides is 1. The quantitative estimate of drug-likeness (QED) is 0.809. The predicted octanol–water partition coefficient (Wildman–Crippen LogP) is 1.47. The summed E-state index contributed by atoms with van der Waals surface area (Å²) in [6, 6.07) is 3.77. The minimum absolute atomic E-state index is 0.0401. The Morgan fingerprint density at radius 2 is 1.85 bits per heavy atom. The molecule has 5 nitrogen and oxygen atoms in total. The van der Waals surface area contributed by atoms with Gasteiger partial charge < -0.3 is 5.32 Å². The highest BCUT2D eigenvalue weighted by Crippen LogP contribution is 2.16. The van der Waals surface area contributed by atoms with Crippen molar-refractivity contribution in [3.63, 3.8) is 0 Å². The summed E-state index contributed by atoms with van der Waals surface area (Å²) < 4.78 is 37.8. The van der Waals surface area contributed by atoms with Crippen molar-refractivity contribution in [3.05, 3.63) is 29.6 Å². The first kappa shape index (κ1) is 17.0. The van der Waals surface area contributed by atoms with E-state index in [1.165, 1.54) is 23.2 Å². The maximum Gasteiger partial charge on any atom is 0.253 e. The van der Waals surface area contributed by atoms with Gasteiger partial charge in [0.2, 0.25) is 0 Å². The first-order valence-corrected chi connectivity index (χ1v) is 7.73. The fraction of sp³-hybridized carbons (Fsp3) is 0.538. The van der Waals surface area contributed by atoms with E-state index >= 15 is 0 Å². The number of nitrogens with one attached hydrogen (secondary N) is 2. The second-order valence-electron chi connectivity index (χ2n) is 5.85. The van der Waals surface area contributed by atoms with Crippen LogP contribution in [0.25, 0.3) is 0 Å². The third kappa shape index (κ3) is 5.16. The number of rotatable bonds is 5. The van der Waals surface area contributed by atoms with Crippen molar-refractivity contribution in [3.8, 4) is 0 Å². The van der Waals surface area contributed by atoms with Gasteiger partial charge in [0, 0.05) is 31.7 Å². The zero-order valence-electron chi connectivity index (χ0n) is 12.5. The zero-order chi connectivity index (χ0) is 15.6. The SMILES string of the molecule is CN(C)NS(=O)(=O)c1ccc(F)c(CNC(C)(C)C)c1. The van der Waals surface area contributed by atoms with Crippen molar-refractivity contribution >= 4 is 10.0 Å². The lowest BCUT2D eigenvalue weighted by Crippen LogP contribution is -2.36. The van der Waals surface area contributed by atoms with Crippen LogP contribution in [0.2, 0.25) is 0 Å². The Labute approximate surface area is 120 Å². The molecule has 1 rings (SSSR count). The van der Waals surface area contributed by atoms with Crippen LogP contribution in [0, 0.1) is 5.82 Å². The fourth-order valence-corrected chi connectivity index (χ4v) is 2.64. The predicted molar refractivity (Wildman–Crippen MR) is 77.0 cm³/mol. The highest BCUT2D eigenvalue weighted by Gasteiger charge is 2.18. The van der Waals surface area contributed by atoms with E-state index in [0.717, 1.165) is 0 Å². The van der Waals surface area contributed by atoms with Gasteiger partial charge in [0.1, 0.15) is 5.82 Å². The van der Waals surface area contributed by atoms with E-state index in [4.69, 9.17) is 0 Å². The van der Waals surface area contributed by atoms with Gasteiger partial charge in [-0.1, -0.05) is 0 Å². The summed E-state index contributed by atoms with van der Waals surface area (Å²) >= 11 is 0. The molecule has 0 heterocycles. The molecular weight excluding hydrogens is 281 g/mol. The molecule has 0 saturated heterocycles. The molecule has 0 aliphatic rings. The summed E-state index contributed by atoms with van der Waals surface area (Å²) in [5, 5.41) is 4.46. The Morgan fingerprint density at radius 3 is 2.35 bits per heavy atom. The van der Waals surface area contributed by atoms with Gasteiger partial charge in [0.25, 0.3) is 10.0 Å². The van der Waals surface area contributed by atoms with Gasteiger partial charge in [-0.15, -0.1) is 4.83 Å². The van der Waals surface area contributed by atoms with Crippen molar-refractivity contribution < 1.29 is 12.8 Å². The molecule has 0 amide bonds. The summed E-state index contributed by atoms with van der Waals surface area (Å²) in [4.78, 5) is 2.36. The van der Waals surface area contributed by atoms with Gasteiger partial charge in [-0.2, -0.15) is 0 Å². The summed E-state index contributed by atoms with van der Waals surface area (Å²) in [5.41, 5.74) is 0.144. The molecule has 0 saturated carbocycles. The average molecular weight is 303 g/mol. The van der Waals surface area contributed by atoms with E-state index in [0.29, 0.717) is 5.56 Å². The number of hydrogen-bond acceptors (Lipinski definition) is 4. The Balaban J connectivity index is 3.03. The lowest BCUT2D eigenvalue weighted by atomic mass is 10.1. The van der Waals surface area contributed by atoms with Crippen LogP contribution in [0.4, 0.5) is 4.39 Å². The summed E-state index contributed by atoms with van der Waals surface area (Å²) in [6.45, 7) is 6.14. The molecule has 0 fully saturated rings. The van der Waals surface area contributed by atoms with Gasteiger partial charge in [0.15, 0.2) is 0 Å². The van der Waals surface area contributed by atoms with E-state index in [9.17, 15) is 12.8 Å². The van der Waals surface area contributed by atoms with E-state index in [1.807, 2.05) is 20.8 Å². The molecule has 0 bridgehead atoms. The van der Waals surface area contributed by atoms with E-state index < -0.39 is 15.8 Å². The van der Waals surface area contributed by atoms with Crippen LogP contribution in [-0.2, 0) is 16.6 Å². The Morgan fingerprint density at radius 1 is 1.25 bits per heavy atom. The molecule has 0 radical (unpaired) electrons. The first-order chi connectivity index (χ1) is 9.01. The van der Waals surface area contributed by atoms with Crippen molar-refractivity contribution in [2.24, 2.45) is 0 Å². The van der Waals surface area contributed by atoms with Gasteiger partial charge >= 0.3 is 0 Å². The third-order valence-electron chi connectivity index (χ3n) is 2.44. The molecule has 0 spiro atoms.